The summed E-state index contributed by atoms with van der Waals surface area (Å²) in [5.74, 6) is -0.652. The first-order valence-electron chi connectivity index (χ1n) is 4.30. The third-order valence-corrected chi connectivity index (χ3v) is 2.62. The van der Waals surface area contributed by atoms with Crippen molar-refractivity contribution in [3.05, 3.63) is 28.3 Å². The fourth-order valence-corrected chi connectivity index (χ4v) is 1.82. The number of hydrogen-bond acceptors (Lipinski definition) is 4. The van der Waals surface area contributed by atoms with Gasteiger partial charge in [-0.1, -0.05) is 0 Å². The van der Waals surface area contributed by atoms with Gasteiger partial charge in [-0.25, -0.2) is 4.98 Å². The molecule has 2 aromatic rings. The molecule has 0 aliphatic rings. The monoisotopic (exact) mass is 262 g/mol. The van der Waals surface area contributed by atoms with Crippen molar-refractivity contribution in [2.45, 2.75) is 6.18 Å². The highest BCUT2D eigenvalue weighted by Gasteiger charge is 2.38. The molecule has 0 aromatic carbocycles. The Balaban J connectivity index is 2.23. The second-order valence-electron chi connectivity index (χ2n) is 2.95. The van der Waals surface area contributed by atoms with Crippen LogP contribution in [-0.2, 0) is 6.18 Å². The SMILES string of the molecule is O=C(Nc1ccn[nH]1)c1scnc1C(F)(F)F. The van der Waals surface area contributed by atoms with E-state index in [9.17, 15) is 18.0 Å². The first-order valence-corrected chi connectivity index (χ1v) is 5.18. The fourth-order valence-electron chi connectivity index (χ4n) is 1.11. The van der Waals surface area contributed by atoms with Gasteiger partial charge in [-0.15, -0.1) is 11.3 Å². The molecule has 5 nitrogen and oxygen atoms in total. The van der Waals surface area contributed by atoms with Gasteiger partial charge in [0.25, 0.3) is 5.91 Å². The van der Waals surface area contributed by atoms with E-state index in [4.69, 9.17) is 0 Å². The van der Waals surface area contributed by atoms with Gasteiger partial charge in [0, 0.05) is 6.07 Å². The third kappa shape index (κ3) is 2.44. The Morgan fingerprint density at radius 3 is 2.82 bits per heavy atom. The average molecular weight is 262 g/mol. The first kappa shape index (κ1) is 11.6. The lowest BCUT2D eigenvalue weighted by Gasteiger charge is -2.05. The molecule has 0 saturated carbocycles. The molecule has 2 N–H and O–H groups in total. The van der Waals surface area contributed by atoms with Crippen LogP contribution in [0.2, 0.25) is 0 Å². The molecule has 0 saturated heterocycles. The van der Waals surface area contributed by atoms with Gasteiger partial charge in [0.05, 0.1) is 11.7 Å². The summed E-state index contributed by atoms with van der Waals surface area (Å²) in [6.07, 6.45) is -3.27. The minimum Gasteiger partial charge on any atom is -0.306 e. The van der Waals surface area contributed by atoms with Crippen LogP contribution in [0.25, 0.3) is 0 Å². The van der Waals surface area contributed by atoms with Crippen molar-refractivity contribution < 1.29 is 18.0 Å². The lowest BCUT2D eigenvalue weighted by atomic mass is 10.3. The molecule has 90 valence electrons. The van der Waals surface area contributed by atoms with E-state index < -0.39 is 22.7 Å². The zero-order valence-corrected chi connectivity index (χ0v) is 8.89. The van der Waals surface area contributed by atoms with Gasteiger partial charge in [-0.05, 0) is 0 Å². The predicted octanol–water partition coefficient (Wildman–Crippen LogP) is 2.14. The number of carbonyl (C=O) groups is 1. The van der Waals surface area contributed by atoms with Gasteiger partial charge in [-0.3, -0.25) is 9.89 Å². The highest BCUT2D eigenvalue weighted by Crippen LogP contribution is 2.32. The van der Waals surface area contributed by atoms with Crippen LogP contribution in [0.1, 0.15) is 15.4 Å². The number of nitrogens with zero attached hydrogens (tertiary/aromatic N) is 2. The van der Waals surface area contributed by atoms with Crippen LogP contribution in [0.4, 0.5) is 19.0 Å². The van der Waals surface area contributed by atoms with Crippen molar-refractivity contribution in [2.24, 2.45) is 0 Å². The Bertz CT molecular complexity index is 519. The van der Waals surface area contributed by atoms with Crippen molar-refractivity contribution in [2.75, 3.05) is 5.32 Å². The van der Waals surface area contributed by atoms with Crippen LogP contribution in [0, 0.1) is 0 Å². The van der Waals surface area contributed by atoms with Gasteiger partial charge < -0.3 is 5.32 Å². The quantitative estimate of drug-likeness (QED) is 0.871. The molecule has 2 heterocycles. The second kappa shape index (κ2) is 4.17. The number of carbonyl (C=O) groups excluding carboxylic acids is 1. The number of aromatic nitrogens is 3. The second-order valence-corrected chi connectivity index (χ2v) is 3.81. The lowest BCUT2D eigenvalue weighted by molar-refractivity contribution is -0.141. The Kier molecular flexibility index (Phi) is 2.84. The van der Waals surface area contributed by atoms with Crippen molar-refractivity contribution in [1.82, 2.24) is 15.2 Å². The van der Waals surface area contributed by atoms with Gasteiger partial charge in [0.15, 0.2) is 5.69 Å². The summed E-state index contributed by atoms with van der Waals surface area (Å²) >= 11 is 0.629. The van der Waals surface area contributed by atoms with Crippen molar-refractivity contribution >= 4 is 23.1 Å². The standard InChI is InChI=1S/C8H5F3N4OS/c9-8(10,11)6-5(17-3-12-6)7(16)14-4-1-2-13-15-4/h1-3H,(H2,13,14,15,16). The largest absolute Gasteiger partial charge is 0.434 e. The number of alkyl halides is 3. The van der Waals surface area contributed by atoms with Gasteiger partial charge >= 0.3 is 6.18 Å². The molecule has 0 atom stereocenters. The van der Waals surface area contributed by atoms with E-state index in [0.717, 1.165) is 5.51 Å². The van der Waals surface area contributed by atoms with Crippen LogP contribution in [0.3, 0.4) is 0 Å². The van der Waals surface area contributed by atoms with Crippen LogP contribution in [0.15, 0.2) is 17.8 Å². The fraction of sp³-hybridized carbons (Fsp3) is 0.125. The molecule has 0 bridgehead atoms. The summed E-state index contributed by atoms with van der Waals surface area (Å²) in [6.45, 7) is 0. The number of H-pyrrole nitrogens is 1. The molecule has 0 spiro atoms. The maximum absolute atomic E-state index is 12.5. The Hall–Kier alpha value is -1.90. The number of anilines is 1. The number of thiazole rings is 1. The summed E-state index contributed by atoms with van der Waals surface area (Å²) < 4.78 is 37.4. The molecule has 2 aromatic heterocycles. The summed E-state index contributed by atoms with van der Waals surface area (Å²) in [6, 6.07) is 1.42. The lowest BCUT2D eigenvalue weighted by Crippen LogP contribution is -2.17. The summed E-state index contributed by atoms with van der Waals surface area (Å²) in [4.78, 5) is 14.2. The highest BCUT2D eigenvalue weighted by molar-refractivity contribution is 7.12. The topological polar surface area (TPSA) is 70.7 Å². The number of aromatic amines is 1. The summed E-state index contributed by atoms with van der Waals surface area (Å²) in [7, 11) is 0. The van der Waals surface area contributed by atoms with E-state index in [0.29, 0.717) is 11.3 Å². The van der Waals surface area contributed by atoms with Crippen molar-refractivity contribution in [3.63, 3.8) is 0 Å². The Labute approximate surface area is 96.7 Å². The van der Waals surface area contributed by atoms with E-state index in [2.05, 4.69) is 20.5 Å². The van der Waals surface area contributed by atoms with E-state index >= 15 is 0 Å². The molecular formula is C8H5F3N4OS. The first-order chi connectivity index (χ1) is 7.98. The van der Waals surface area contributed by atoms with Crippen LogP contribution in [-0.4, -0.2) is 21.1 Å². The Morgan fingerprint density at radius 1 is 1.47 bits per heavy atom. The van der Waals surface area contributed by atoms with Crippen LogP contribution in [0.5, 0.6) is 0 Å². The van der Waals surface area contributed by atoms with Crippen molar-refractivity contribution in [1.29, 1.82) is 0 Å². The normalized spacial score (nSPS) is 11.5. The summed E-state index contributed by atoms with van der Waals surface area (Å²) in [5.41, 5.74) is -0.204. The number of nitrogens with one attached hydrogen (secondary N) is 2. The Morgan fingerprint density at radius 2 is 2.24 bits per heavy atom. The van der Waals surface area contributed by atoms with E-state index in [-0.39, 0.29) is 5.82 Å². The number of rotatable bonds is 2. The molecule has 0 unspecified atom stereocenters. The number of halogens is 3. The third-order valence-electron chi connectivity index (χ3n) is 1.79. The molecule has 1 amide bonds. The number of hydrogen-bond donors (Lipinski definition) is 2. The highest BCUT2D eigenvalue weighted by atomic mass is 32.1. The number of amides is 1. The predicted molar refractivity (Wildman–Crippen MR) is 53.7 cm³/mol. The average Bonchev–Trinajstić information content (AvgIpc) is 2.85. The van der Waals surface area contributed by atoms with Crippen molar-refractivity contribution in [3.8, 4) is 0 Å². The van der Waals surface area contributed by atoms with Crippen LogP contribution < -0.4 is 5.32 Å². The zero-order valence-electron chi connectivity index (χ0n) is 8.08. The van der Waals surface area contributed by atoms with Gasteiger partial charge in [0.1, 0.15) is 10.7 Å². The van der Waals surface area contributed by atoms with E-state index in [1.54, 1.807) is 0 Å². The molecule has 0 aliphatic carbocycles. The van der Waals surface area contributed by atoms with Crippen LogP contribution >= 0.6 is 11.3 Å². The maximum atomic E-state index is 12.5. The smallest absolute Gasteiger partial charge is 0.306 e. The van der Waals surface area contributed by atoms with Gasteiger partial charge in [-0.2, -0.15) is 18.3 Å². The zero-order chi connectivity index (χ0) is 12.5. The van der Waals surface area contributed by atoms with E-state index in [1.165, 1.54) is 12.3 Å². The molecule has 0 radical (unpaired) electrons. The minimum absolute atomic E-state index is 0.219. The molecule has 0 aliphatic heterocycles. The molecule has 0 fully saturated rings. The maximum Gasteiger partial charge on any atom is 0.434 e. The van der Waals surface area contributed by atoms with E-state index in [1.807, 2.05) is 0 Å². The minimum atomic E-state index is -4.64. The van der Waals surface area contributed by atoms with Gasteiger partial charge in [0.2, 0.25) is 0 Å². The molecule has 9 heteroatoms. The molecular weight excluding hydrogens is 257 g/mol. The molecule has 17 heavy (non-hydrogen) atoms. The summed E-state index contributed by atoms with van der Waals surface area (Å²) in [5, 5.41) is 8.21. The molecule has 2 rings (SSSR count).